The number of hydrogen-bond acceptors (Lipinski definition) is 5. The van der Waals surface area contributed by atoms with Crippen LogP contribution in [0.1, 0.15) is 16.1 Å². The summed E-state index contributed by atoms with van der Waals surface area (Å²) in [6, 6.07) is 8.82. The van der Waals surface area contributed by atoms with Gasteiger partial charge in [0.25, 0.3) is 11.5 Å². The van der Waals surface area contributed by atoms with Gasteiger partial charge in [-0.25, -0.2) is 12.7 Å². The summed E-state index contributed by atoms with van der Waals surface area (Å²) >= 11 is 0. The van der Waals surface area contributed by atoms with Gasteiger partial charge >= 0.3 is 0 Å². The maximum absolute atomic E-state index is 12.2. The van der Waals surface area contributed by atoms with Crippen LogP contribution in [-0.4, -0.2) is 50.9 Å². The van der Waals surface area contributed by atoms with Crippen LogP contribution in [0.4, 0.5) is 0 Å². The van der Waals surface area contributed by atoms with E-state index in [0.717, 1.165) is 10.00 Å². The molecule has 0 spiro atoms. The molecule has 0 aliphatic heterocycles. The number of hydrogen-bond donors (Lipinski definition) is 1. The van der Waals surface area contributed by atoms with Crippen LogP contribution in [0.3, 0.4) is 0 Å². The number of ether oxygens (including phenoxy) is 1. The molecular formula is C18H23N3O5S. The Morgan fingerprint density at radius 1 is 1.19 bits per heavy atom. The highest BCUT2D eigenvalue weighted by atomic mass is 32.2. The second-order valence-electron chi connectivity index (χ2n) is 6.09. The van der Waals surface area contributed by atoms with Crippen molar-refractivity contribution in [3.8, 4) is 5.75 Å². The molecule has 0 aliphatic rings. The predicted molar refractivity (Wildman–Crippen MR) is 102 cm³/mol. The molecule has 2 rings (SSSR count). The third kappa shape index (κ3) is 4.75. The standard InChI is InChI=1S/C18H23N3O5S/c1-13-11-15(26-4)12-17(22)21(13)10-9-19-18(23)14-5-7-16(8-6-14)27(24,25)20(2)3/h5-8,11-12H,9-10H2,1-4H3,(H,19,23). The van der Waals surface area contributed by atoms with Crippen molar-refractivity contribution in [3.05, 3.63) is 58.0 Å². The normalized spacial score (nSPS) is 11.4. The lowest BCUT2D eigenvalue weighted by molar-refractivity contribution is 0.0952. The van der Waals surface area contributed by atoms with Crippen molar-refractivity contribution in [3.63, 3.8) is 0 Å². The van der Waals surface area contributed by atoms with Gasteiger partial charge in [-0.3, -0.25) is 9.59 Å². The van der Waals surface area contributed by atoms with Gasteiger partial charge < -0.3 is 14.6 Å². The van der Waals surface area contributed by atoms with Gasteiger partial charge in [-0.1, -0.05) is 0 Å². The van der Waals surface area contributed by atoms with E-state index in [1.165, 1.54) is 56.1 Å². The molecular weight excluding hydrogens is 370 g/mol. The molecule has 0 aliphatic carbocycles. The number of nitrogens with zero attached hydrogens (tertiary/aromatic N) is 2. The van der Waals surface area contributed by atoms with E-state index in [4.69, 9.17) is 4.74 Å². The van der Waals surface area contributed by atoms with Crippen LogP contribution in [-0.2, 0) is 16.6 Å². The smallest absolute Gasteiger partial charge is 0.254 e. The maximum Gasteiger partial charge on any atom is 0.254 e. The van der Waals surface area contributed by atoms with E-state index in [2.05, 4.69) is 5.32 Å². The number of aryl methyl sites for hydroxylation is 1. The number of carbonyl (C=O) groups excluding carboxylic acids is 1. The van der Waals surface area contributed by atoms with Gasteiger partial charge in [0.2, 0.25) is 10.0 Å². The summed E-state index contributed by atoms with van der Waals surface area (Å²) in [5.41, 5.74) is 0.859. The molecule has 1 heterocycles. The highest BCUT2D eigenvalue weighted by Gasteiger charge is 2.17. The monoisotopic (exact) mass is 393 g/mol. The average Bonchev–Trinajstić information content (AvgIpc) is 2.63. The van der Waals surface area contributed by atoms with Crippen LogP contribution in [0.15, 0.2) is 46.1 Å². The van der Waals surface area contributed by atoms with Crippen LogP contribution < -0.4 is 15.6 Å². The molecule has 0 bridgehead atoms. The van der Waals surface area contributed by atoms with Gasteiger partial charge in [0.1, 0.15) is 5.75 Å². The number of carbonyl (C=O) groups is 1. The van der Waals surface area contributed by atoms with Crippen molar-refractivity contribution in [2.45, 2.75) is 18.4 Å². The first-order valence-electron chi connectivity index (χ1n) is 8.23. The second-order valence-corrected chi connectivity index (χ2v) is 8.25. The number of pyridine rings is 1. The molecule has 0 radical (unpaired) electrons. The molecule has 0 unspecified atom stereocenters. The third-order valence-corrected chi connectivity index (χ3v) is 5.89. The Hall–Kier alpha value is -2.65. The number of benzene rings is 1. The van der Waals surface area contributed by atoms with E-state index in [-0.39, 0.29) is 22.9 Å². The Morgan fingerprint density at radius 3 is 2.33 bits per heavy atom. The molecule has 1 aromatic heterocycles. The van der Waals surface area contributed by atoms with Crippen molar-refractivity contribution in [1.29, 1.82) is 0 Å². The lowest BCUT2D eigenvalue weighted by atomic mass is 10.2. The number of amides is 1. The van der Waals surface area contributed by atoms with Gasteiger partial charge in [-0.05, 0) is 37.3 Å². The molecule has 2 aromatic rings. The summed E-state index contributed by atoms with van der Waals surface area (Å²) in [4.78, 5) is 24.4. The fraction of sp³-hybridized carbons (Fsp3) is 0.333. The van der Waals surface area contributed by atoms with Gasteiger partial charge in [0, 0.05) is 44.5 Å². The Balaban J connectivity index is 2.02. The molecule has 0 fully saturated rings. The summed E-state index contributed by atoms with van der Waals surface area (Å²) < 4.78 is 31.8. The summed E-state index contributed by atoms with van der Waals surface area (Å²) in [6.07, 6.45) is 0. The Bertz CT molecular complexity index is 979. The van der Waals surface area contributed by atoms with E-state index >= 15 is 0 Å². The van der Waals surface area contributed by atoms with Crippen LogP contribution in [0.5, 0.6) is 5.75 Å². The molecule has 0 atom stereocenters. The summed E-state index contributed by atoms with van der Waals surface area (Å²) in [6.45, 7) is 2.35. The topological polar surface area (TPSA) is 97.7 Å². The summed E-state index contributed by atoms with van der Waals surface area (Å²) in [5, 5.41) is 2.72. The second kappa shape index (κ2) is 8.36. The molecule has 27 heavy (non-hydrogen) atoms. The first-order chi connectivity index (χ1) is 12.7. The molecule has 1 amide bonds. The Morgan fingerprint density at radius 2 is 1.81 bits per heavy atom. The van der Waals surface area contributed by atoms with Crippen LogP contribution >= 0.6 is 0 Å². The lowest BCUT2D eigenvalue weighted by Crippen LogP contribution is -2.31. The van der Waals surface area contributed by atoms with E-state index in [9.17, 15) is 18.0 Å². The van der Waals surface area contributed by atoms with Crippen LogP contribution in [0, 0.1) is 6.92 Å². The fourth-order valence-electron chi connectivity index (χ4n) is 2.48. The first kappa shape index (κ1) is 20.7. The minimum Gasteiger partial charge on any atom is -0.496 e. The third-order valence-electron chi connectivity index (χ3n) is 4.06. The first-order valence-corrected chi connectivity index (χ1v) is 9.67. The molecule has 0 saturated heterocycles. The molecule has 1 aromatic carbocycles. The zero-order valence-corrected chi connectivity index (χ0v) is 16.5. The molecule has 0 saturated carbocycles. The van der Waals surface area contributed by atoms with Gasteiger partial charge in [0.05, 0.1) is 12.0 Å². The zero-order chi connectivity index (χ0) is 20.2. The Kier molecular flexibility index (Phi) is 6.40. The van der Waals surface area contributed by atoms with Crippen molar-refractivity contribution in [2.24, 2.45) is 0 Å². The van der Waals surface area contributed by atoms with Gasteiger partial charge in [0.15, 0.2) is 0 Å². The number of aromatic nitrogens is 1. The number of rotatable bonds is 7. The Labute approximate surface area is 158 Å². The number of sulfonamides is 1. The lowest BCUT2D eigenvalue weighted by Gasteiger charge is -2.13. The fourth-order valence-corrected chi connectivity index (χ4v) is 3.38. The number of methoxy groups -OCH3 is 1. The molecule has 9 heteroatoms. The summed E-state index contributed by atoms with van der Waals surface area (Å²) in [5.74, 6) is 0.147. The van der Waals surface area contributed by atoms with Crippen LogP contribution in [0.25, 0.3) is 0 Å². The van der Waals surface area contributed by atoms with E-state index in [1.807, 2.05) is 0 Å². The van der Waals surface area contributed by atoms with Crippen molar-refractivity contribution >= 4 is 15.9 Å². The van der Waals surface area contributed by atoms with E-state index < -0.39 is 10.0 Å². The van der Waals surface area contributed by atoms with E-state index in [1.54, 1.807) is 13.0 Å². The molecule has 146 valence electrons. The maximum atomic E-state index is 12.2. The van der Waals surface area contributed by atoms with Crippen LogP contribution in [0.2, 0.25) is 0 Å². The van der Waals surface area contributed by atoms with Crippen molar-refractivity contribution in [1.82, 2.24) is 14.2 Å². The quantitative estimate of drug-likeness (QED) is 0.752. The minimum atomic E-state index is -3.53. The number of nitrogens with one attached hydrogen (secondary N) is 1. The highest BCUT2D eigenvalue weighted by Crippen LogP contribution is 2.14. The molecule has 1 N–H and O–H groups in total. The largest absolute Gasteiger partial charge is 0.496 e. The molecule has 8 nitrogen and oxygen atoms in total. The SMILES string of the molecule is COc1cc(C)n(CCNC(=O)c2ccc(S(=O)(=O)N(C)C)cc2)c(=O)c1. The van der Waals surface area contributed by atoms with Gasteiger partial charge in [-0.2, -0.15) is 0 Å². The van der Waals surface area contributed by atoms with Crippen molar-refractivity contribution < 1.29 is 17.9 Å². The van der Waals surface area contributed by atoms with E-state index in [0.29, 0.717) is 17.9 Å². The van der Waals surface area contributed by atoms with Crippen molar-refractivity contribution in [2.75, 3.05) is 27.7 Å². The minimum absolute atomic E-state index is 0.115. The highest BCUT2D eigenvalue weighted by molar-refractivity contribution is 7.89. The summed E-state index contributed by atoms with van der Waals surface area (Å²) in [7, 11) is 0.847. The zero-order valence-electron chi connectivity index (χ0n) is 15.7. The predicted octanol–water partition coefficient (Wildman–Crippen LogP) is 0.846. The average molecular weight is 393 g/mol. The van der Waals surface area contributed by atoms with Gasteiger partial charge in [-0.15, -0.1) is 0 Å².